The Morgan fingerprint density at radius 3 is 3.06 bits per heavy atom. The highest BCUT2D eigenvalue weighted by atomic mass is 35.5. The van der Waals surface area contributed by atoms with Crippen LogP contribution in [0.3, 0.4) is 0 Å². The molecule has 0 aromatic carbocycles. The van der Waals surface area contributed by atoms with E-state index in [1.807, 2.05) is 6.07 Å². The Morgan fingerprint density at radius 2 is 2.38 bits per heavy atom. The molecule has 0 saturated carbocycles. The Bertz CT molecular complexity index is 352. The van der Waals surface area contributed by atoms with Crippen molar-refractivity contribution in [1.29, 1.82) is 0 Å². The Labute approximate surface area is 103 Å². The van der Waals surface area contributed by atoms with Crippen molar-refractivity contribution >= 4 is 11.6 Å². The lowest BCUT2D eigenvalue weighted by Crippen LogP contribution is -2.32. The first-order valence-corrected chi connectivity index (χ1v) is 6.39. The third kappa shape index (κ3) is 2.74. The van der Waals surface area contributed by atoms with Crippen LogP contribution in [0.25, 0.3) is 0 Å². The van der Waals surface area contributed by atoms with E-state index in [2.05, 4.69) is 29.8 Å². The largest absolute Gasteiger partial charge is 0.296 e. The Kier molecular flexibility index (Phi) is 3.82. The molecule has 2 nitrogen and oxygen atoms in total. The van der Waals surface area contributed by atoms with Crippen molar-refractivity contribution in [3.8, 4) is 0 Å². The van der Waals surface area contributed by atoms with E-state index in [1.165, 1.54) is 24.9 Å². The first-order valence-electron chi connectivity index (χ1n) is 6.01. The number of halogens is 1. The third-order valence-electron chi connectivity index (χ3n) is 3.36. The molecule has 0 bridgehead atoms. The molecule has 1 saturated heterocycles. The van der Waals surface area contributed by atoms with Gasteiger partial charge in [0.2, 0.25) is 0 Å². The summed E-state index contributed by atoms with van der Waals surface area (Å²) in [7, 11) is 0. The summed E-state index contributed by atoms with van der Waals surface area (Å²) < 4.78 is 0. The molecule has 16 heavy (non-hydrogen) atoms. The van der Waals surface area contributed by atoms with E-state index in [0.717, 1.165) is 18.5 Å². The zero-order chi connectivity index (χ0) is 11.5. The number of pyridine rings is 1. The maximum atomic E-state index is 5.90. The number of likely N-dealkylation sites (tertiary alicyclic amines) is 1. The molecule has 88 valence electrons. The van der Waals surface area contributed by atoms with E-state index in [-0.39, 0.29) is 0 Å². The lowest BCUT2D eigenvalue weighted by atomic mass is 10.0. The first kappa shape index (κ1) is 11.9. The van der Waals surface area contributed by atoms with Crippen molar-refractivity contribution in [2.75, 3.05) is 6.54 Å². The van der Waals surface area contributed by atoms with Crippen LogP contribution < -0.4 is 0 Å². The van der Waals surface area contributed by atoms with Crippen molar-refractivity contribution in [2.24, 2.45) is 5.92 Å². The standard InChI is InChI=1S/C13H19ClN2/c1-10(2)12-4-3-7-16(12)9-11-5-6-15-13(14)8-11/h5-6,8,10,12H,3-4,7,9H2,1-2H3. The molecule has 0 radical (unpaired) electrons. The van der Waals surface area contributed by atoms with Gasteiger partial charge in [0.25, 0.3) is 0 Å². The van der Waals surface area contributed by atoms with E-state index in [0.29, 0.717) is 5.15 Å². The molecule has 1 aliphatic rings. The predicted molar refractivity (Wildman–Crippen MR) is 67.5 cm³/mol. The maximum Gasteiger partial charge on any atom is 0.129 e. The Hall–Kier alpha value is -0.600. The molecular formula is C13H19ClN2. The van der Waals surface area contributed by atoms with E-state index in [9.17, 15) is 0 Å². The molecular weight excluding hydrogens is 220 g/mol. The summed E-state index contributed by atoms with van der Waals surface area (Å²) in [6, 6.07) is 4.76. The molecule has 2 rings (SSSR count). The van der Waals surface area contributed by atoms with Gasteiger partial charge < -0.3 is 0 Å². The van der Waals surface area contributed by atoms with E-state index >= 15 is 0 Å². The zero-order valence-electron chi connectivity index (χ0n) is 9.99. The van der Waals surface area contributed by atoms with Gasteiger partial charge in [-0.25, -0.2) is 4.98 Å². The molecule has 0 aliphatic carbocycles. The molecule has 2 heterocycles. The molecule has 1 aromatic rings. The van der Waals surface area contributed by atoms with E-state index in [4.69, 9.17) is 11.6 Å². The lowest BCUT2D eigenvalue weighted by molar-refractivity contribution is 0.199. The molecule has 1 aromatic heterocycles. The van der Waals surface area contributed by atoms with E-state index < -0.39 is 0 Å². The Balaban J connectivity index is 2.04. The topological polar surface area (TPSA) is 16.1 Å². The van der Waals surface area contributed by atoms with Crippen molar-refractivity contribution < 1.29 is 0 Å². The summed E-state index contributed by atoms with van der Waals surface area (Å²) in [5, 5.41) is 0.595. The van der Waals surface area contributed by atoms with Crippen molar-refractivity contribution in [3.63, 3.8) is 0 Å². The lowest BCUT2D eigenvalue weighted by Gasteiger charge is -2.27. The van der Waals surface area contributed by atoms with Gasteiger partial charge in [0.15, 0.2) is 0 Å². The molecule has 1 atom stereocenters. The number of hydrogen-bond donors (Lipinski definition) is 0. The van der Waals surface area contributed by atoms with Crippen LogP contribution in [-0.4, -0.2) is 22.5 Å². The van der Waals surface area contributed by atoms with Crippen LogP contribution in [0.5, 0.6) is 0 Å². The third-order valence-corrected chi connectivity index (χ3v) is 3.57. The minimum atomic E-state index is 0.595. The summed E-state index contributed by atoms with van der Waals surface area (Å²) in [6.07, 6.45) is 4.44. The minimum Gasteiger partial charge on any atom is -0.296 e. The van der Waals surface area contributed by atoms with Crippen LogP contribution in [0.4, 0.5) is 0 Å². The number of hydrogen-bond acceptors (Lipinski definition) is 2. The van der Waals surface area contributed by atoms with Crippen LogP contribution >= 0.6 is 11.6 Å². The highest BCUT2D eigenvalue weighted by Crippen LogP contribution is 2.25. The van der Waals surface area contributed by atoms with Crippen molar-refractivity contribution in [2.45, 2.75) is 39.3 Å². The van der Waals surface area contributed by atoms with Crippen LogP contribution in [0.1, 0.15) is 32.3 Å². The van der Waals surface area contributed by atoms with Gasteiger partial charge >= 0.3 is 0 Å². The summed E-state index contributed by atoms with van der Waals surface area (Å²) in [6.45, 7) is 6.83. The van der Waals surface area contributed by atoms with Gasteiger partial charge in [0, 0.05) is 18.8 Å². The second kappa shape index (κ2) is 5.15. The molecule has 3 heteroatoms. The molecule has 0 amide bonds. The number of aromatic nitrogens is 1. The second-order valence-electron chi connectivity index (χ2n) is 4.91. The average Bonchev–Trinajstić information content (AvgIpc) is 2.66. The van der Waals surface area contributed by atoms with Gasteiger partial charge in [-0.05, 0) is 43.0 Å². The summed E-state index contributed by atoms with van der Waals surface area (Å²) in [4.78, 5) is 6.58. The molecule has 0 N–H and O–H groups in total. The van der Waals surface area contributed by atoms with Gasteiger partial charge in [0.1, 0.15) is 5.15 Å². The molecule has 0 spiro atoms. The Morgan fingerprint density at radius 1 is 1.56 bits per heavy atom. The maximum absolute atomic E-state index is 5.90. The molecule has 1 unspecified atom stereocenters. The summed E-state index contributed by atoms with van der Waals surface area (Å²) in [5.74, 6) is 0.736. The SMILES string of the molecule is CC(C)C1CCCN1Cc1ccnc(Cl)c1. The zero-order valence-corrected chi connectivity index (χ0v) is 10.7. The fourth-order valence-electron chi connectivity index (χ4n) is 2.58. The first-order chi connectivity index (χ1) is 7.66. The molecule has 1 fully saturated rings. The minimum absolute atomic E-state index is 0.595. The van der Waals surface area contributed by atoms with Gasteiger partial charge in [-0.15, -0.1) is 0 Å². The number of nitrogens with zero attached hydrogens (tertiary/aromatic N) is 2. The predicted octanol–water partition coefficient (Wildman–Crippen LogP) is 3.36. The number of rotatable bonds is 3. The second-order valence-corrected chi connectivity index (χ2v) is 5.30. The fourth-order valence-corrected chi connectivity index (χ4v) is 2.78. The van der Waals surface area contributed by atoms with Gasteiger partial charge in [-0.1, -0.05) is 25.4 Å². The van der Waals surface area contributed by atoms with Gasteiger partial charge in [0.05, 0.1) is 0 Å². The van der Waals surface area contributed by atoms with E-state index in [1.54, 1.807) is 6.20 Å². The quantitative estimate of drug-likeness (QED) is 0.751. The smallest absolute Gasteiger partial charge is 0.129 e. The van der Waals surface area contributed by atoms with Crippen LogP contribution in [0, 0.1) is 5.92 Å². The van der Waals surface area contributed by atoms with Crippen molar-refractivity contribution in [1.82, 2.24) is 9.88 Å². The van der Waals surface area contributed by atoms with Gasteiger partial charge in [-0.3, -0.25) is 4.90 Å². The van der Waals surface area contributed by atoms with Gasteiger partial charge in [-0.2, -0.15) is 0 Å². The fraction of sp³-hybridized carbons (Fsp3) is 0.615. The normalized spacial score (nSPS) is 21.9. The monoisotopic (exact) mass is 238 g/mol. The molecule has 1 aliphatic heterocycles. The highest BCUT2D eigenvalue weighted by molar-refractivity contribution is 6.29. The highest BCUT2D eigenvalue weighted by Gasteiger charge is 2.26. The summed E-state index contributed by atoms with van der Waals surface area (Å²) >= 11 is 5.90. The van der Waals surface area contributed by atoms with Crippen molar-refractivity contribution in [3.05, 3.63) is 29.0 Å². The van der Waals surface area contributed by atoms with Crippen LogP contribution in [0.2, 0.25) is 5.15 Å². The summed E-state index contributed by atoms with van der Waals surface area (Å²) in [5.41, 5.74) is 1.27. The average molecular weight is 239 g/mol. The van der Waals surface area contributed by atoms with Crippen LogP contribution in [0.15, 0.2) is 18.3 Å². The van der Waals surface area contributed by atoms with Crippen LogP contribution in [-0.2, 0) is 6.54 Å².